The standard InChI is InChI=1S/C19H32N4O/c1-6-20-19(23-16-9-7-13(2)8-10-16)22-12-17-15(4)18(24-5)14(3)11-21-17/h11,13,16H,6-10,12H2,1-5H3,(H2,20,22,23). The zero-order valence-electron chi connectivity index (χ0n) is 15.8. The summed E-state index contributed by atoms with van der Waals surface area (Å²) in [5.41, 5.74) is 3.10. The van der Waals surface area contributed by atoms with Crippen molar-refractivity contribution in [1.82, 2.24) is 15.6 Å². The molecule has 1 heterocycles. The molecule has 1 saturated carbocycles. The first-order valence-corrected chi connectivity index (χ1v) is 9.09. The molecule has 1 aromatic rings. The van der Waals surface area contributed by atoms with E-state index in [0.717, 1.165) is 41.0 Å². The van der Waals surface area contributed by atoms with Crippen LogP contribution < -0.4 is 15.4 Å². The summed E-state index contributed by atoms with van der Waals surface area (Å²) in [6, 6.07) is 0.528. The molecule has 0 atom stereocenters. The largest absolute Gasteiger partial charge is 0.496 e. The Hall–Kier alpha value is -1.78. The fraction of sp³-hybridized carbons (Fsp3) is 0.684. The lowest BCUT2D eigenvalue weighted by atomic mass is 9.87. The summed E-state index contributed by atoms with van der Waals surface area (Å²) in [5, 5.41) is 6.94. The molecule has 5 nitrogen and oxygen atoms in total. The molecule has 2 rings (SSSR count). The second-order valence-corrected chi connectivity index (χ2v) is 6.84. The second kappa shape index (κ2) is 8.90. The van der Waals surface area contributed by atoms with Crippen molar-refractivity contribution < 1.29 is 4.74 Å². The van der Waals surface area contributed by atoms with Gasteiger partial charge < -0.3 is 15.4 Å². The molecule has 0 aromatic carbocycles. The summed E-state index contributed by atoms with van der Waals surface area (Å²) in [7, 11) is 1.71. The number of ether oxygens (including phenoxy) is 1. The minimum absolute atomic E-state index is 0.528. The van der Waals surface area contributed by atoms with E-state index in [1.165, 1.54) is 25.7 Å². The molecule has 2 N–H and O–H groups in total. The molecule has 0 saturated heterocycles. The summed E-state index contributed by atoms with van der Waals surface area (Å²) in [6.07, 6.45) is 6.90. The van der Waals surface area contributed by atoms with Crippen molar-refractivity contribution in [1.29, 1.82) is 0 Å². The minimum atomic E-state index is 0.528. The molecular weight excluding hydrogens is 300 g/mol. The van der Waals surface area contributed by atoms with Gasteiger partial charge in [-0.25, -0.2) is 4.99 Å². The van der Waals surface area contributed by atoms with Gasteiger partial charge in [-0.05, 0) is 52.4 Å². The number of nitrogens with zero attached hydrogens (tertiary/aromatic N) is 2. The zero-order valence-corrected chi connectivity index (χ0v) is 15.8. The van der Waals surface area contributed by atoms with Crippen LogP contribution in [0.2, 0.25) is 0 Å². The third-order valence-electron chi connectivity index (χ3n) is 4.84. The maximum Gasteiger partial charge on any atom is 0.191 e. The molecule has 1 aliphatic carbocycles. The summed E-state index contributed by atoms with van der Waals surface area (Å²) in [4.78, 5) is 9.27. The van der Waals surface area contributed by atoms with Crippen LogP contribution in [0.25, 0.3) is 0 Å². The van der Waals surface area contributed by atoms with Gasteiger partial charge in [0.25, 0.3) is 0 Å². The van der Waals surface area contributed by atoms with Crippen molar-refractivity contribution in [2.24, 2.45) is 10.9 Å². The number of pyridine rings is 1. The Morgan fingerprint density at radius 1 is 1.29 bits per heavy atom. The molecule has 1 fully saturated rings. The zero-order chi connectivity index (χ0) is 17.5. The highest BCUT2D eigenvalue weighted by Crippen LogP contribution is 2.25. The molecule has 0 bridgehead atoms. The molecule has 1 aromatic heterocycles. The number of hydrogen-bond acceptors (Lipinski definition) is 3. The van der Waals surface area contributed by atoms with Gasteiger partial charge in [-0.15, -0.1) is 0 Å². The molecule has 24 heavy (non-hydrogen) atoms. The van der Waals surface area contributed by atoms with Gasteiger partial charge in [0.1, 0.15) is 5.75 Å². The van der Waals surface area contributed by atoms with Crippen molar-refractivity contribution in [3.05, 3.63) is 23.0 Å². The van der Waals surface area contributed by atoms with Gasteiger partial charge in [0.05, 0.1) is 19.3 Å². The van der Waals surface area contributed by atoms with Crippen molar-refractivity contribution >= 4 is 5.96 Å². The van der Waals surface area contributed by atoms with Crippen molar-refractivity contribution in [3.8, 4) is 5.75 Å². The van der Waals surface area contributed by atoms with E-state index in [9.17, 15) is 0 Å². The molecule has 1 aliphatic rings. The second-order valence-electron chi connectivity index (χ2n) is 6.84. The van der Waals surface area contributed by atoms with Crippen LogP contribution in [0, 0.1) is 19.8 Å². The van der Waals surface area contributed by atoms with Gasteiger partial charge in [-0.3, -0.25) is 4.98 Å². The monoisotopic (exact) mass is 332 g/mol. The Bertz CT molecular complexity index is 563. The third kappa shape index (κ3) is 4.86. The van der Waals surface area contributed by atoms with Gasteiger partial charge in [-0.2, -0.15) is 0 Å². The highest BCUT2D eigenvalue weighted by Gasteiger charge is 2.19. The Morgan fingerprint density at radius 3 is 2.62 bits per heavy atom. The van der Waals surface area contributed by atoms with Gasteiger partial charge in [0.15, 0.2) is 5.96 Å². The van der Waals surface area contributed by atoms with E-state index in [1.54, 1.807) is 7.11 Å². The van der Waals surface area contributed by atoms with Crippen LogP contribution in [-0.4, -0.2) is 30.6 Å². The SMILES string of the molecule is CCNC(=NCc1ncc(C)c(OC)c1C)NC1CCC(C)CC1. The topological polar surface area (TPSA) is 58.5 Å². The van der Waals surface area contributed by atoms with Crippen LogP contribution in [0.1, 0.15) is 56.4 Å². The fourth-order valence-electron chi connectivity index (χ4n) is 3.30. The maximum atomic E-state index is 5.48. The molecule has 134 valence electrons. The first kappa shape index (κ1) is 18.6. The summed E-state index contributed by atoms with van der Waals surface area (Å²) in [6.45, 7) is 9.92. The van der Waals surface area contributed by atoms with Crippen molar-refractivity contribution in [3.63, 3.8) is 0 Å². The Kier molecular flexibility index (Phi) is 6.88. The molecule has 5 heteroatoms. The predicted molar refractivity (Wildman–Crippen MR) is 99.6 cm³/mol. The van der Waals surface area contributed by atoms with E-state index in [1.807, 2.05) is 20.0 Å². The van der Waals surface area contributed by atoms with Gasteiger partial charge in [0, 0.05) is 29.9 Å². The number of aromatic nitrogens is 1. The van der Waals surface area contributed by atoms with Gasteiger partial charge in [0.2, 0.25) is 0 Å². The summed E-state index contributed by atoms with van der Waals surface area (Å²) in [5.74, 6) is 2.65. The molecule has 0 aliphatic heterocycles. The van der Waals surface area contributed by atoms with Crippen molar-refractivity contribution in [2.75, 3.05) is 13.7 Å². The number of guanidine groups is 1. The average molecular weight is 332 g/mol. The van der Waals surface area contributed by atoms with Gasteiger partial charge in [-0.1, -0.05) is 6.92 Å². The van der Waals surface area contributed by atoms with Crippen LogP contribution >= 0.6 is 0 Å². The lowest BCUT2D eigenvalue weighted by molar-refractivity contribution is 0.329. The number of nitrogens with one attached hydrogen (secondary N) is 2. The maximum absolute atomic E-state index is 5.48. The number of rotatable bonds is 5. The summed E-state index contributed by atoms with van der Waals surface area (Å²) < 4.78 is 5.48. The Labute approximate surface area is 146 Å². The average Bonchev–Trinajstić information content (AvgIpc) is 2.56. The lowest BCUT2D eigenvalue weighted by Gasteiger charge is -2.28. The lowest BCUT2D eigenvalue weighted by Crippen LogP contribution is -2.44. The molecule has 0 amide bonds. The van der Waals surface area contributed by atoms with Crippen molar-refractivity contribution in [2.45, 2.75) is 66.0 Å². The van der Waals surface area contributed by atoms with E-state index in [2.05, 4.69) is 29.5 Å². The molecule has 0 spiro atoms. The van der Waals surface area contributed by atoms with Gasteiger partial charge >= 0.3 is 0 Å². The highest BCUT2D eigenvalue weighted by molar-refractivity contribution is 5.80. The quantitative estimate of drug-likeness (QED) is 0.641. The number of methoxy groups -OCH3 is 1. The third-order valence-corrected chi connectivity index (χ3v) is 4.84. The van der Waals surface area contributed by atoms with E-state index in [0.29, 0.717) is 12.6 Å². The number of aryl methyl sites for hydroxylation is 1. The first-order chi connectivity index (χ1) is 11.5. The van der Waals surface area contributed by atoms with E-state index < -0.39 is 0 Å². The van der Waals surface area contributed by atoms with Crippen LogP contribution in [0.15, 0.2) is 11.2 Å². The Morgan fingerprint density at radius 2 is 2.00 bits per heavy atom. The Balaban J connectivity index is 2.05. The highest BCUT2D eigenvalue weighted by atomic mass is 16.5. The number of aliphatic imine (C=N–C) groups is 1. The molecule has 0 unspecified atom stereocenters. The fourth-order valence-corrected chi connectivity index (χ4v) is 3.30. The summed E-state index contributed by atoms with van der Waals surface area (Å²) >= 11 is 0. The van der Waals surface area contributed by atoms with Crippen LogP contribution in [-0.2, 0) is 6.54 Å². The molecular formula is C19H32N4O. The van der Waals surface area contributed by atoms with Crippen LogP contribution in [0.4, 0.5) is 0 Å². The van der Waals surface area contributed by atoms with Crippen LogP contribution in [0.3, 0.4) is 0 Å². The van der Waals surface area contributed by atoms with E-state index >= 15 is 0 Å². The molecule has 0 radical (unpaired) electrons. The smallest absolute Gasteiger partial charge is 0.191 e. The first-order valence-electron chi connectivity index (χ1n) is 9.09. The number of hydrogen-bond donors (Lipinski definition) is 2. The predicted octanol–water partition coefficient (Wildman–Crippen LogP) is 3.34. The van der Waals surface area contributed by atoms with E-state index in [4.69, 9.17) is 9.73 Å². The van der Waals surface area contributed by atoms with E-state index in [-0.39, 0.29) is 0 Å². The minimum Gasteiger partial charge on any atom is -0.496 e. The van der Waals surface area contributed by atoms with Crippen LogP contribution in [0.5, 0.6) is 5.75 Å². The normalized spacial score (nSPS) is 21.5.